The van der Waals surface area contributed by atoms with E-state index >= 15 is 0 Å². The van der Waals surface area contributed by atoms with Crippen LogP contribution in [0.15, 0.2) is 48.5 Å². The number of hydrogen-bond acceptors (Lipinski definition) is 3. The number of aromatic nitrogens is 1. The van der Waals surface area contributed by atoms with Crippen molar-refractivity contribution < 1.29 is 0 Å². The van der Waals surface area contributed by atoms with Crippen molar-refractivity contribution >= 4 is 0 Å². The molecule has 0 saturated carbocycles. The number of hydrogen-bond donors (Lipinski definition) is 0. The molecule has 1 aromatic carbocycles. The molecule has 1 aliphatic heterocycles. The fourth-order valence-electron chi connectivity index (χ4n) is 3.69. The summed E-state index contributed by atoms with van der Waals surface area (Å²) in [6, 6.07) is 17.2. The Morgan fingerprint density at radius 3 is 2.52 bits per heavy atom. The minimum absolute atomic E-state index is 0.816. The van der Waals surface area contributed by atoms with Crippen molar-refractivity contribution in [2.45, 2.75) is 32.7 Å². The molecule has 2 aromatic rings. The third-order valence-electron chi connectivity index (χ3n) is 5.25. The maximum absolute atomic E-state index is 4.72. The second-order valence-electron chi connectivity index (χ2n) is 7.49. The molecule has 3 heteroatoms. The highest BCUT2D eigenvalue weighted by Gasteiger charge is 2.20. The van der Waals surface area contributed by atoms with Gasteiger partial charge in [0, 0.05) is 25.3 Å². The van der Waals surface area contributed by atoms with Gasteiger partial charge in [-0.3, -0.25) is 9.88 Å². The summed E-state index contributed by atoms with van der Waals surface area (Å²) in [6.45, 7) is 7.80. The first kappa shape index (κ1) is 18.1. The standard InChI is InChI=1S/C22H31N3/c1-19-7-6-10-22(23-19)18-25(16-13-20-8-4-3-5-9-20)17-21-11-14-24(2)15-12-21/h3-10,21H,11-18H2,1-2H3. The molecule has 2 heterocycles. The minimum atomic E-state index is 0.816. The molecule has 1 aromatic heterocycles. The maximum Gasteiger partial charge on any atom is 0.0547 e. The SMILES string of the molecule is Cc1cccc(CN(CCc2ccccc2)CC2CCN(C)CC2)n1. The fraction of sp³-hybridized carbons (Fsp3) is 0.500. The first-order valence-corrected chi connectivity index (χ1v) is 9.56. The van der Waals surface area contributed by atoms with Crippen molar-refractivity contribution in [2.75, 3.05) is 33.2 Å². The highest BCUT2D eigenvalue weighted by molar-refractivity contribution is 5.15. The molecule has 1 saturated heterocycles. The van der Waals surface area contributed by atoms with E-state index in [4.69, 9.17) is 4.98 Å². The van der Waals surface area contributed by atoms with E-state index < -0.39 is 0 Å². The van der Waals surface area contributed by atoms with Crippen molar-refractivity contribution in [3.63, 3.8) is 0 Å². The predicted molar refractivity (Wildman–Crippen MR) is 105 cm³/mol. The predicted octanol–water partition coefficient (Wildman–Crippen LogP) is 3.78. The van der Waals surface area contributed by atoms with Crippen LogP contribution < -0.4 is 0 Å². The third kappa shape index (κ3) is 5.94. The van der Waals surface area contributed by atoms with E-state index in [0.717, 1.165) is 31.1 Å². The van der Waals surface area contributed by atoms with Gasteiger partial charge in [0.05, 0.1) is 5.69 Å². The zero-order valence-corrected chi connectivity index (χ0v) is 15.7. The van der Waals surface area contributed by atoms with Gasteiger partial charge in [-0.15, -0.1) is 0 Å². The summed E-state index contributed by atoms with van der Waals surface area (Å²) in [7, 11) is 2.24. The number of rotatable bonds is 7. The van der Waals surface area contributed by atoms with Crippen LogP contribution in [-0.2, 0) is 13.0 Å². The van der Waals surface area contributed by atoms with Gasteiger partial charge in [0.2, 0.25) is 0 Å². The number of piperidine rings is 1. The Kier molecular flexibility index (Phi) is 6.60. The second kappa shape index (κ2) is 9.12. The lowest BCUT2D eigenvalue weighted by Gasteiger charge is -2.33. The summed E-state index contributed by atoms with van der Waals surface area (Å²) in [5.41, 5.74) is 3.73. The number of aryl methyl sites for hydroxylation is 1. The lowest BCUT2D eigenvalue weighted by Crippen LogP contribution is -2.37. The molecule has 0 atom stereocenters. The zero-order valence-electron chi connectivity index (χ0n) is 15.7. The molecule has 25 heavy (non-hydrogen) atoms. The molecule has 0 unspecified atom stereocenters. The van der Waals surface area contributed by atoms with Crippen LogP contribution in [0.4, 0.5) is 0 Å². The monoisotopic (exact) mass is 337 g/mol. The Morgan fingerprint density at radius 1 is 1.04 bits per heavy atom. The Hall–Kier alpha value is -1.71. The summed E-state index contributed by atoms with van der Waals surface area (Å²) >= 11 is 0. The first-order valence-electron chi connectivity index (χ1n) is 9.56. The van der Waals surface area contributed by atoms with E-state index in [0.29, 0.717) is 0 Å². The van der Waals surface area contributed by atoms with Crippen molar-refractivity contribution in [1.82, 2.24) is 14.8 Å². The third-order valence-corrected chi connectivity index (χ3v) is 5.25. The fourth-order valence-corrected chi connectivity index (χ4v) is 3.69. The topological polar surface area (TPSA) is 19.4 Å². The van der Waals surface area contributed by atoms with Crippen LogP contribution in [0.2, 0.25) is 0 Å². The van der Waals surface area contributed by atoms with Crippen LogP contribution in [0.3, 0.4) is 0 Å². The van der Waals surface area contributed by atoms with Crippen molar-refractivity contribution in [2.24, 2.45) is 5.92 Å². The molecule has 1 fully saturated rings. The van der Waals surface area contributed by atoms with E-state index in [9.17, 15) is 0 Å². The summed E-state index contributed by atoms with van der Waals surface area (Å²) in [6.07, 6.45) is 3.75. The van der Waals surface area contributed by atoms with Gasteiger partial charge in [-0.05, 0) is 69.9 Å². The molecular weight excluding hydrogens is 306 g/mol. The molecule has 3 rings (SSSR count). The smallest absolute Gasteiger partial charge is 0.0547 e. The average Bonchev–Trinajstić information content (AvgIpc) is 2.62. The van der Waals surface area contributed by atoms with E-state index in [1.54, 1.807) is 0 Å². The Morgan fingerprint density at radius 2 is 1.80 bits per heavy atom. The zero-order chi connectivity index (χ0) is 17.5. The molecule has 3 nitrogen and oxygen atoms in total. The summed E-state index contributed by atoms with van der Waals surface area (Å²) < 4.78 is 0. The number of nitrogens with zero attached hydrogens (tertiary/aromatic N) is 3. The first-order chi connectivity index (χ1) is 12.2. The maximum atomic E-state index is 4.72. The van der Waals surface area contributed by atoms with Crippen LogP contribution >= 0.6 is 0 Å². The van der Waals surface area contributed by atoms with Gasteiger partial charge in [-0.1, -0.05) is 36.4 Å². The van der Waals surface area contributed by atoms with Gasteiger partial charge in [-0.2, -0.15) is 0 Å². The Labute approximate surface area is 152 Å². The van der Waals surface area contributed by atoms with Gasteiger partial charge >= 0.3 is 0 Å². The number of pyridine rings is 1. The molecule has 0 amide bonds. The Bertz CT molecular complexity index is 633. The van der Waals surface area contributed by atoms with Crippen LogP contribution in [0.1, 0.15) is 29.8 Å². The van der Waals surface area contributed by atoms with Gasteiger partial charge in [0.25, 0.3) is 0 Å². The van der Waals surface area contributed by atoms with Crippen molar-refractivity contribution in [1.29, 1.82) is 0 Å². The van der Waals surface area contributed by atoms with Crippen LogP contribution in [-0.4, -0.2) is 48.0 Å². The van der Waals surface area contributed by atoms with Crippen LogP contribution in [0.25, 0.3) is 0 Å². The summed E-state index contributed by atoms with van der Waals surface area (Å²) in [4.78, 5) is 9.79. The van der Waals surface area contributed by atoms with Crippen LogP contribution in [0, 0.1) is 12.8 Å². The largest absolute Gasteiger partial charge is 0.306 e. The van der Waals surface area contributed by atoms with E-state index in [1.807, 2.05) is 0 Å². The highest BCUT2D eigenvalue weighted by Crippen LogP contribution is 2.19. The van der Waals surface area contributed by atoms with Gasteiger partial charge in [0.1, 0.15) is 0 Å². The second-order valence-corrected chi connectivity index (χ2v) is 7.49. The molecule has 0 spiro atoms. The average molecular weight is 338 g/mol. The highest BCUT2D eigenvalue weighted by atomic mass is 15.1. The molecule has 0 N–H and O–H groups in total. The Balaban J connectivity index is 1.62. The van der Waals surface area contributed by atoms with E-state index in [2.05, 4.69) is 72.3 Å². The summed E-state index contributed by atoms with van der Waals surface area (Å²) in [5, 5.41) is 0. The van der Waals surface area contributed by atoms with Crippen molar-refractivity contribution in [3.05, 3.63) is 65.5 Å². The van der Waals surface area contributed by atoms with Crippen LogP contribution in [0.5, 0.6) is 0 Å². The molecule has 0 bridgehead atoms. The number of likely N-dealkylation sites (tertiary alicyclic amines) is 1. The summed E-state index contributed by atoms with van der Waals surface area (Å²) in [5.74, 6) is 0.816. The van der Waals surface area contributed by atoms with E-state index in [1.165, 1.54) is 43.7 Å². The van der Waals surface area contributed by atoms with Gasteiger partial charge < -0.3 is 4.90 Å². The number of benzene rings is 1. The van der Waals surface area contributed by atoms with Gasteiger partial charge in [0.15, 0.2) is 0 Å². The van der Waals surface area contributed by atoms with Crippen molar-refractivity contribution in [3.8, 4) is 0 Å². The minimum Gasteiger partial charge on any atom is -0.306 e. The molecule has 0 radical (unpaired) electrons. The van der Waals surface area contributed by atoms with E-state index in [-0.39, 0.29) is 0 Å². The lowest BCUT2D eigenvalue weighted by atomic mass is 9.96. The van der Waals surface area contributed by atoms with Gasteiger partial charge in [-0.25, -0.2) is 0 Å². The quantitative estimate of drug-likeness (QED) is 0.766. The molecule has 134 valence electrons. The normalized spacial score (nSPS) is 16.4. The lowest BCUT2D eigenvalue weighted by molar-refractivity contribution is 0.156. The molecule has 0 aliphatic carbocycles. The molecular formula is C22H31N3. The molecule has 1 aliphatic rings.